The largest absolute Gasteiger partial charge is 0.452 e. The fraction of sp³-hybridized carbons (Fsp3) is 0. The van der Waals surface area contributed by atoms with Crippen LogP contribution in [0.25, 0.3) is 127 Å². The summed E-state index contributed by atoms with van der Waals surface area (Å²) >= 11 is 1.73. The Hall–Kier alpha value is -8.33. The van der Waals surface area contributed by atoms with Gasteiger partial charge < -0.3 is 4.42 Å². The lowest BCUT2D eigenvalue weighted by molar-refractivity contribution is 0.667. The lowest BCUT2D eigenvalue weighted by atomic mass is 9.99. The highest BCUT2D eigenvalue weighted by atomic mass is 32.1. The minimum absolute atomic E-state index is 0.559. The maximum atomic E-state index is 6.39. The molecule has 8 heteroatoms. The van der Waals surface area contributed by atoms with Gasteiger partial charge in [0, 0.05) is 58.6 Å². The zero-order valence-corrected chi connectivity index (χ0v) is 34.3. The maximum absolute atomic E-state index is 6.39. The fourth-order valence-corrected chi connectivity index (χ4v) is 10.3. The summed E-state index contributed by atoms with van der Waals surface area (Å²) in [7, 11) is 0. The quantitative estimate of drug-likeness (QED) is 0.166. The van der Waals surface area contributed by atoms with E-state index in [0.717, 1.165) is 97.5 Å². The van der Waals surface area contributed by atoms with Crippen LogP contribution in [0.1, 0.15) is 0 Å². The van der Waals surface area contributed by atoms with Crippen LogP contribution in [0.2, 0.25) is 0 Å². The second kappa shape index (κ2) is 14.1. The van der Waals surface area contributed by atoms with Crippen LogP contribution in [-0.4, -0.2) is 29.5 Å². The molecule has 0 N–H and O–H groups in total. The summed E-state index contributed by atoms with van der Waals surface area (Å²) in [5.41, 5.74) is 11.2. The van der Waals surface area contributed by atoms with Crippen molar-refractivity contribution in [2.24, 2.45) is 0 Å². The molecular weight excluding hydrogens is 793 g/mol. The highest BCUT2D eigenvalue weighted by Gasteiger charge is 2.23. The van der Waals surface area contributed by atoms with E-state index in [-0.39, 0.29) is 0 Å². The van der Waals surface area contributed by atoms with Crippen LogP contribution in [0.15, 0.2) is 199 Å². The van der Waals surface area contributed by atoms with Gasteiger partial charge in [-0.05, 0) is 47.5 Å². The molecule has 0 unspecified atom stereocenters. The van der Waals surface area contributed by atoms with Crippen molar-refractivity contribution in [3.8, 4) is 62.5 Å². The maximum Gasteiger partial charge on any atom is 0.238 e. The Morgan fingerprint density at radius 3 is 1.87 bits per heavy atom. The summed E-state index contributed by atoms with van der Waals surface area (Å²) in [5, 5.41) is 5.54. The van der Waals surface area contributed by atoms with Gasteiger partial charge in [-0.2, -0.15) is 9.97 Å². The number of aromatic nitrogens is 6. The molecule has 294 valence electrons. The Kier molecular flexibility index (Phi) is 7.94. The van der Waals surface area contributed by atoms with Crippen molar-refractivity contribution in [3.05, 3.63) is 194 Å². The lowest BCUT2D eigenvalue weighted by Gasteiger charge is -2.11. The van der Waals surface area contributed by atoms with Crippen LogP contribution in [-0.2, 0) is 0 Å². The fourth-order valence-electron chi connectivity index (χ4n) is 9.02. The SMILES string of the molecule is c1ccc(-c2nc(-c3cccc4c3sc3cc(-c5nc(-c6ccccc6)c6oc7ccccc7c6n5)ccc34)nc(-n3c4ccccc4c4c(-c5ccccc5)cccc43)n2)cc1. The molecule has 0 saturated carbocycles. The lowest BCUT2D eigenvalue weighted by Crippen LogP contribution is -2.06. The molecule has 5 heterocycles. The Bertz CT molecular complexity index is 3910. The second-order valence-electron chi connectivity index (χ2n) is 15.6. The van der Waals surface area contributed by atoms with E-state index in [1.807, 2.05) is 54.6 Å². The average Bonchev–Trinajstić information content (AvgIpc) is 4.04. The van der Waals surface area contributed by atoms with Crippen molar-refractivity contribution in [3.63, 3.8) is 0 Å². The van der Waals surface area contributed by atoms with Gasteiger partial charge in [0.25, 0.3) is 0 Å². The average molecular weight is 825 g/mol. The summed E-state index contributed by atoms with van der Waals surface area (Å²) in [5.74, 6) is 2.41. The second-order valence-corrected chi connectivity index (χ2v) is 16.7. The van der Waals surface area contributed by atoms with Crippen molar-refractivity contribution < 1.29 is 4.42 Å². The molecule has 5 aromatic heterocycles. The van der Waals surface area contributed by atoms with E-state index in [0.29, 0.717) is 29.0 Å². The van der Waals surface area contributed by atoms with Crippen LogP contribution in [0.3, 0.4) is 0 Å². The third kappa shape index (κ3) is 5.69. The summed E-state index contributed by atoms with van der Waals surface area (Å²) < 4.78 is 10.8. The number of furan rings is 1. The summed E-state index contributed by atoms with van der Waals surface area (Å²) in [6.07, 6.45) is 0. The number of fused-ring (bicyclic) bond motifs is 9. The molecule has 13 aromatic rings. The minimum atomic E-state index is 0.559. The van der Waals surface area contributed by atoms with E-state index in [4.69, 9.17) is 29.3 Å². The smallest absolute Gasteiger partial charge is 0.238 e. The van der Waals surface area contributed by atoms with Gasteiger partial charge >= 0.3 is 0 Å². The highest BCUT2D eigenvalue weighted by molar-refractivity contribution is 7.26. The van der Waals surface area contributed by atoms with Gasteiger partial charge in [0.2, 0.25) is 5.95 Å². The van der Waals surface area contributed by atoms with Gasteiger partial charge in [-0.15, -0.1) is 11.3 Å². The van der Waals surface area contributed by atoms with Crippen LogP contribution in [0.4, 0.5) is 0 Å². The van der Waals surface area contributed by atoms with E-state index in [9.17, 15) is 0 Å². The van der Waals surface area contributed by atoms with E-state index in [1.54, 1.807) is 11.3 Å². The molecule has 0 aliphatic carbocycles. The zero-order valence-electron chi connectivity index (χ0n) is 33.5. The van der Waals surface area contributed by atoms with Gasteiger partial charge in [0.1, 0.15) is 16.8 Å². The number of nitrogens with zero attached hydrogens (tertiary/aromatic N) is 6. The van der Waals surface area contributed by atoms with Gasteiger partial charge in [-0.1, -0.05) is 158 Å². The summed E-state index contributed by atoms with van der Waals surface area (Å²) in [6, 6.07) is 66.9. The van der Waals surface area contributed by atoms with Gasteiger partial charge in [0.05, 0.1) is 11.0 Å². The molecule has 0 atom stereocenters. The third-order valence-electron chi connectivity index (χ3n) is 11.9. The number of hydrogen-bond acceptors (Lipinski definition) is 7. The number of para-hydroxylation sites is 2. The standard InChI is InChI=1S/C55H32N6OS/c1-4-16-33(17-5-1)37-24-15-28-44-47(37)40-22-10-12-27-43(40)61(44)55-59-52(35-20-8-3-9-21-35)58-54(60-55)42-26-14-25-39-38-31-30-36(32-46(38)63-51(39)42)53-56-48(34-18-6-2-7-19-34)50-49(57-53)41-23-11-13-29-45(41)62-50/h1-32H. The predicted molar refractivity (Wildman–Crippen MR) is 257 cm³/mol. The number of hydrogen-bond donors (Lipinski definition) is 0. The molecule has 13 rings (SSSR count). The number of thiophene rings is 1. The van der Waals surface area contributed by atoms with Gasteiger partial charge in [0.15, 0.2) is 23.1 Å². The Labute approximate surface area is 364 Å². The topological polar surface area (TPSA) is 82.5 Å². The zero-order chi connectivity index (χ0) is 41.4. The van der Waals surface area contributed by atoms with E-state index >= 15 is 0 Å². The minimum Gasteiger partial charge on any atom is -0.452 e. The summed E-state index contributed by atoms with van der Waals surface area (Å²) in [4.78, 5) is 26.1. The third-order valence-corrected chi connectivity index (χ3v) is 13.1. The van der Waals surface area contributed by atoms with Crippen LogP contribution >= 0.6 is 11.3 Å². The molecule has 7 nitrogen and oxygen atoms in total. The molecule has 0 aliphatic heterocycles. The number of benzene rings is 8. The monoisotopic (exact) mass is 824 g/mol. The first-order valence-electron chi connectivity index (χ1n) is 20.8. The van der Waals surface area contributed by atoms with E-state index in [1.165, 1.54) is 0 Å². The predicted octanol–water partition coefficient (Wildman–Crippen LogP) is 14.4. The van der Waals surface area contributed by atoms with E-state index < -0.39 is 0 Å². The first-order chi connectivity index (χ1) is 31.2. The Morgan fingerprint density at radius 1 is 0.413 bits per heavy atom. The molecule has 0 bridgehead atoms. The van der Waals surface area contributed by atoms with Crippen LogP contribution in [0.5, 0.6) is 0 Å². The van der Waals surface area contributed by atoms with Crippen LogP contribution < -0.4 is 0 Å². The Morgan fingerprint density at radius 2 is 1.05 bits per heavy atom. The first kappa shape index (κ1) is 35.4. The number of rotatable bonds is 6. The van der Waals surface area contributed by atoms with E-state index in [2.05, 4.69) is 144 Å². The van der Waals surface area contributed by atoms with Gasteiger partial charge in [-0.3, -0.25) is 4.57 Å². The molecule has 0 radical (unpaired) electrons. The molecule has 0 saturated heterocycles. The normalized spacial score (nSPS) is 11.8. The molecule has 0 fully saturated rings. The molecule has 63 heavy (non-hydrogen) atoms. The molecule has 0 aliphatic rings. The summed E-state index contributed by atoms with van der Waals surface area (Å²) in [6.45, 7) is 0. The molecule has 8 aromatic carbocycles. The highest BCUT2D eigenvalue weighted by Crippen LogP contribution is 2.43. The van der Waals surface area contributed by atoms with Crippen molar-refractivity contribution in [2.45, 2.75) is 0 Å². The van der Waals surface area contributed by atoms with Gasteiger partial charge in [-0.25, -0.2) is 15.0 Å². The van der Waals surface area contributed by atoms with Crippen molar-refractivity contribution in [2.75, 3.05) is 0 Å². The molecule has 0 amide bonds. The van der Waals surface area contributed by atoms with Crippen molar-refractivity contribution in [1.29, 1.82) is 0 Å². The van der Waals surface area contributed by atoms with Crippen molar-refractivity contribution in [1.82, 2.24) is 29.5 Å². The van der Waals surface area contributed by atoms with Crippen LogP contribution in [0, 0.1) is 0 Å². The Balaban J connectivity index is 1.01. The molecule has 0 spiro atoms. The van der Waals surface area contributed by atoms with Crippen molar-refractivity contribution >= 4 is 75.4 Å². The first-order valence-corrected chi connectivity index (χ1v) is 21.7. The molecular formula is C55H32N6OS.